The number of rotatable bonds is 8. The lowest BCUT2D eigenvalue weighted by molar-refractivity contribution is 0.397. The van der Waals surface area contributed by atoms with Crippen molar-refractivity contribution in [3.8, 4) is 11.6 Å². The van der Waals surface area contributed by atoms with Gasteiger partial charge in [0.25, 0.3) is 0 Å². The number of hydrogen-bond acceptors (Lipinski definition) is 7. The summed E-state index contributed by atoms with van der Waals surface area (Å²) in [5.41, 5.74) is 2.00. The Labute approximate surface area is 155 Å². The van der Waals surface area contributed by atoms with E-state index >= 15 is 0 Å². The zero-order chi connectivity index (χ0) is 17.6. The van der Waals surface area contributed by atoms with Crippen LogP contribution < -0.4 is 4.74 Å². The Bertz CT molecular complexity index is 797. The predicted molar refractivity (Wildman–Crippen MR) is 101 cm³/mol. The molecule has 0 aliphatic heterocycles. The first-order valence-corrected chi connectivity index (χ1v) is 9.98. The first-order valence-electron chi connectivity index (χ1n) is 8.12. The van der Waals surface area contributed by atoms with Crippen LogP contribution in [0.4, 0.5) is 0 Å². The molecule has 3 heterocycles. The standard InChI is InChI=1S/C17H21N5OS2/c1-12(2)4-7-16-20-13(9-24-16)10-25-17-21-19-11-22(17)14-5-6-15(23-3)18-8-14/h5-6,8-9,11-12H,4,7,10H2,1-3H3. The van der Waals surface area contributed by atoms with Crippen LogP contribution in [0.15, 0.2) is 35.2 Å². The van der Waals surface area contributed by atoms with Gasteiger partial charge in [-0.15, -0.1) is 21.5 Å². The van der Waals surface area contributed by atoms with Crippen molar-refractivity contribution in [1.29, 1.82) is 0 Å². The number of hydrogen-bond donors (Lipinski definition) is 0. The van der Waals surface area contributed by atoms with Crippen LogP contribution in [0.3, 0.4) is 0 Å². The summed E-state index contributed by atoms with van der Waals surface area (Å²) in [6, 6.07) is 3.76. The van der Waals surface area contributed by atoms with Crippen molar-refractivity contribution >= 4 is 23.1 Å². The lowest BCUT2D eigenvalue weighted by Crippen LogP contribution is -1.97. The summed E-state index contributed by atoms with van der Waals surface area (Å²) in [5.74, 6) is 2.07. The van der Waals surface area contributed by atoms with E-state index in [0.717, 1.165) is 28.7 Å². The number of nitrogens with zero attached hydrogens (tertiary/aromatic N) is 5. The fourth-order valence-electron chi connectivity index (χ4n) is 2.22. The van der Waals surface area contributed by atoms with Gasteiger partial charge < -0.3 is 4.74 Å². The van der Waals surface area contributed by atoms with Gasteiger partial charge in [-0.25, -0.2) is 9.97 Å². The number of ether oxygens (including phenoxy) is 1. The van der Waals surface area contributed by atoms with Crippen molar-refractivity contribution in [2.24, 2.45) is 5.92 Å². The summed E-state index contributed by atoms with van der Waals surface area (Å²) < 4.78 is 7.01. The van der Waals surface area contributed by atoms with Crippen LogP contribution in [-0.4, -0.2) is 31.8 Å². The van der Waals surface area contributed by atoms with Crippen LogP contribution in [0.1, 0.15) is 31.0 Å². The fraction of sp³-hybridized carbons (Fsp3) is 0.412. The van der Waals surface area contributed by atoms with Gasteiger partial charge in [0.15, 0.2) is 5.16 Å². The largest absolute Gasteiger partial charge is 0.481 e. The molecule has 0 aromatic carbocycles. The third-order valence-electron chi connectivity index (χ3n) is 3.61. The molecule has 0 fully saturated rings. The summed E-state index contributed by atoms with van der Waals surface area (Å²) in [7, 11) is 1.60. The Balaban J connectivity index is 1.63. The molecule has 3 aromatic heterocycles. The highest BCUT2D eigenvalue weighted by molar-refractivity contribution is 7.98. The van der Waals surface area contributed by atoms with E-state index in [9.17, 15) is 0 Å². The maximum atomic E-state index is 5.09. The first kappa shape index (κ1) is 17.9. The average Bonchev–Trinajstić information content (AvgIpc) is 3.27. The molecule has 0 amide bonds. The Kier molecular flexibility index (Phi) is 6.04. The van der Waals surface area contributed by atoms with Crippen molar-refractivity contribution < 1.29 is 4.74 Å². The number of methoxy groups -OCH3 is 1. The number of thioether (sulfide) groups is 1. The molecule has 3 aromatic rings. The minimum atomic E-state index is 0.586. The lowest BCUT2D eigenvalue weighted by Gasteiger charge is -2.06. The van der Waals surface area contributed by atoms with Gasteiger partial charge in [-0.05, 0) is 24.8 Å². The molecule has 132 valence electrons. The number of aryl methyl sites for hydroxylation is 1. The quantitative estimate of drug-likeness (QED) is 0.554. The molecule has 0 atom stereocenters. The molecular formula is C17H21N5OS2. The Morgan fingerprint density at radius 3 is 2.92 bits per heavy atom. The van der Waals surface area contributed by atoms with E-state index < -0.39 is 0 Å². The average molecular weight is 376 g/mol. The lowest BCUT2D eigenvalue weighted by atomic mass is 10.1. The first-order chi connectivity index (χ1) is 12.2. The van der Waals surface area contributed by atoms with Gasteiger partial charge in [0.2, 0.25) is 5.88 Å². The molecule has 0 aliphatic rings. The highest BCUT2D eigenvalue weighted by Gasteiger charge is 2.10. The third-order valence-corrected chi connectivity index (χ3v) is 5.54. The van der Waals surface area contributed by atoms with Crippen LogP contribution in [0.5, 0.6) is 5.88 Å². The van der Waals surface area contributed by atoms with Crippen molar-refractivity contribution in [3.05, 3.63) is 40.7 Å². The highest BCUT2D eigenvalue weighted by Crippen LogP contribution is 2.25. The van der Waals surface area contributed by atoms with Crippen molar-refractivity contribution in [3.63, 3.8) is 0 Å². The van der Waals surface area contributed by atoms with Crippen molar-refractivity contribution in [2.75, 3.05) is 7.11 Å². The minimum absolute atomic E-state index is 0.586. The van der Waals surface area contributed by atoms with Crippen molar-refractivity contribution in [2.45, 2.75) is 37.6 Å². The van der Waals surface area contributed by atoms with E-state index in [-0.39, 0.29) is 0 Å². The Hall–Kier alpha value is -1.93. The molecule has 25 heavy (non-hydrogen) atoms. The van der Waals surface area contributed by atoms with Crippen LogP contribution in [-0.2, 0) is 12.2 Å². The van der Waals surface area contributed by atoms with Crippen LogP contribution >= 0.6 is 23.1 Å². The highest BCUT2D eigenvalue weighted by atomic mass is 32.2. The SMILES string of the molecule is COc1ccc(-n2cnnc2SCc2csc(CCC(C)C)n2)cn1. The van der Waals surface area contributed by atoms with Gasteiger partial charge in [-0.1, -0.05) is 25.6 Å². The van der Waals surface area contributed by atoms with Crippen LogP contribution in [0, 0.1) is 5.92 Å². The predicted octanol–water partition coefficient (Wildman–Crippen LogP) is 4.01. The molecular weight excluding hydrogens is 354 g/mol. The molecule has 0 N–H and O–H groups in total. The molecule has 0 spiro atoms. The smallest absolute Gasteiger partial charge is 0.213 e. The van der Waals surface area contributed by atoms with E-state index in [2.05, 4.69) is 34.4 Å². The Morgan fingerprint density at radius 2 is 2.20 bits per heavy atom. The summed E-state index contributed by atoms with van der Waals surface area (Å²) in [6.45, 7) is 4.48. The van der Waals surface area contributed by atoms with Crippen molar-refractivity contribution in [1.82, 2.24) is 24.7 Å². The van der Waals surface area contributed by atoms with Gasteiger partial charge in [-0.3, -0.25) is 4.57 Å². The minimum Gasteiger partial charge on any atom is -0.481 e. The Morgan fingerprint density at radius 1 is 1.32 bits per heavy atom. The van der Waals surface area contributed by atoms with Crippen LogP contribution in [0.25, 0.3) is 5.69 Å². The van der Waals surface area contributed by atoms with Gasteiger partial charge in [0.05, 0.1) is 29.7 Å². The van der Waals surface area contributed by atoms with E-state index in [4.69, 9.17) is 9.72 Å². The topological polar surface area (TPSA) is 65.7 Å². The van der Waals surface area contributed by atoms with Gasteiger partial charge in [0, 0.05) is 17.2 Å². The third kappa shape index (κ3) is 4.79. The molecule has 0 bridgehead atoms. The molecule has 0 unspecified atom stereocenters. The summed E-state index contributed by atoms with van der Waals surface area (Å²) >= 11 is 3.37. The second-order valence-corrected chi connectivity index (χ2v) is 7.88. The van der Waals surface area contributed by atoms with E-state index in [0.29, 0.717) is 11.8 Å². The zero-order valence-electron chi connectivity index (χ0n) is 14.5. The summed E-state index contributed by atoms with van der Waals surface area (Å²) in [6.07, 6.45) is 5.68. The monoisotopic (exact) mass is 375 g/mol. The number of aromatic nitrogens is 5. The maximum Gasteiger partial charge on any atom is 0.213 e. The van der Waals surface area contributed by atoms with Gasteiger partial charge >= 0.3 is 0 Å². The number of thiazole rings is 1. The number of pyridine rings is 1. The molecule has 0 radical (unpaired) electrons. The molecule has 0 saturated heterocycles. The maximum absolute atomic E-state index is 5.09. The molecule has 0 saturated carbocycles. The van der Waals surface area contributed by atoms with E-state index in [1.54, 1.807) is 42.7 Å². The van der Waals surface area contributed by atoms with Crippen LogP contribution in [0.2, 0.25) is 0 Å². The normalized spacial score (nSPS) is 11.2. The molecule has 8 heteroatoms. The molecule has 3 rings (SSSR count). The summed E-state index contributed by atoms with van der Waals surface area (Å²) in [4.78, 5) is 8.95. The second kappa shape index (κ2) is 8.44. The molecule has 0 aliphatic carbocycles. The van der Waals surface area contributed by atoms with Gasteiger partial charge in [0.1, 0.15) is 6.33 Å². The zero-order valence-corrected chi connectivity index (χ0v) is 16.2. The van der Waals surface area contributed by atoms with E-state index in [1.807, 2.05) is 16.7 Å². The van der Waals surface area contributed by atoms with Gasteiger partial charge in [-0.2, -0.15) is 0 Å². The fourth-order valence-corrected chi connectivity index (χ4v) is 3.96. The van der Waals surface area contributed by atoms with E-state index in [1.165, 1.54) is 11.4 Å². The summed E-state index contributed by atoms with van der Waals surface area (Å²) in [5, 5.41) is 12.4. The molecule has 6 nitrogen and oxygen atoms in total. The second-order valence-electron chi connectivity index (χ2n) is 6.00.